The number of carbonyl (C=O) groups is 1. The average Bonchev–Trinajstić information content (AvgIpc) is 2.48. The molecule has 0 aliphatic heterocycles. The van der Waals surface area contributed by atoms with Crippen LogP contribution in [0.2, 0.25) is 0 Å². The van der Waals surface area contributed by atoms with E-state index < -0.39 is 5.60 Å². The number of carbonyl (C=O) groups excluding carboxylic acids is 1. The van der Waals surface area contributed by atoms with Crippen molar-refractivity contribution in [2.45, 2.75) is 45.1 Å². The summed E-state index contributed by atoms with van der Waals surface area (Å²) in [5.74, 6) is -0.296. The molecule has 1 aliphatic carbocycles. The summed E-state index contributed by atoms with van der Waals surface area (Å²) in [6.07, 6.45) is 3.75. The molecule has 0 aromatic heterocycles. The van der Waals surface area contributed by atoms with Gasteiger partial charge in [-0.3, -0.25) is 0 Å². The molecule has 0 spiro atoms. The molecule has 0 aromatic rings. The second-order valence-electron chi connectivity index (χ2n) is 3.97. The number of hydrogen-bond donors (Lipinski definition) is 0. The third-order valence-electron chi connectivity index (χ3n) is 2.91. The van der Waals surface area contributed by atoms with Crippen molar-refractivity contribution in [2.24, 2.45) is 0 Å². The highest BCUT2D eigenvalue weighted by atomic mass is 16.6. The Kier molecular flexibility index (Phi) is 3.14. The second kappa shape index (κ2) is 3.99. The van der Waals surface area contributed by atoms with Crippen molar-refractivity contribution in [3.8, 4) is 0 Å². The summed E-state index contributed by atoms with van der Waals surface area (Å²) >= 11 is 0. The van der Waals surface area contributed by atoms with Crippen molar-refractivity contribution in [1.29, 1.82) is 0 Å². The van der Waals surface area contributed by atoms with Crippen LogP contribution in [0.3, 0.4) is 0 Å². The third-order valence-corrected chi connectivity index (χ3v) is 2.91. The minimum atomic E-state index is -0.407. The topological polar surface area (TPSA) is 26.3 Å². The van der Waals surface area contributed by atoms with E-state index in [1.54, 1.807) is 6.92 Å². The lowest BCUT2D eigenvalue weighted by atomic mass is 9.94. The van der Waals surface area contributed by atoms with Crippen molar-refractivity contribution >= 4 is 5.97 Å². The predicted molar refractivity (Wildman–Crippen MR) is 56.9 cm³/mol. The van der Waals surface area contributed by atoms with Crippen LogP contribution in [-0.4, -0.2) is 11.6 Å². The van der Waals surface area contributed by atoms with Crippen LogP contribution < -0.4 is 0 Å². The highest BCUT2D eigenvalue weighted by Gasteiger charge is 2.39. The maximum absolute atomic E-state index is 11.4. The summed E-state index contributed by atoms with van der Waals surface area (Å²) in [7, 11) is 0. The molecular weight excluding hydrogens is 176 g/mol. The van der Waals surface area contributed by atoms with Gasteiger partial charge in [0, 0.05) is 5.57 Å². The Balaban J connectivity index is 2.76. The predicted octanol–water partition coefficient (Wildman–Crippen LogP) is 2.99. The Bertz CT molecular complexity index is 278. The maximum atomic E-state index is 11.4. The molecule has 78 valence electrons. The molecule has 1 atom stereocenters. The first-order valence-corrected chi connectivity index (χ1v) is 5.09. The molecule has 0 heterocycles. The average molecular weight is 194 g/mol. The first-order chi connectivity index (χ1) is 6.52. The van der Waals surface area contributed by atoms with Crippen molar-refractivity contribution in [3.63, 3.8) is 0 Å². The molecule has 1 unspecified atom stereocenters. The van der Waals surface area contributed by atoms with Gasteiger partial charge in [-0.05, 0) is 38.2 Å². The summed E-state index contributed by atoms with van der Waals surface area (Å²) < 4.78 is 5.48. The third kappa shape index (κ3) is 1.89. The Labute approximate surface area is 85.6 Å². The zero-order valence-corrected chi connectivity index (χ0v) is 9.06. The molecule has 0 saturated heterocycles. The highest BCUT2D eigenvalue weighted by Crippen LogP contribution is 2.40. The Morgan fingerprint density at radius 2 is 2.29 bits per heavy atom. The van der Waals surface area contributed by atoms with E-state index in [9.17, 15) is 4.79 Å². The normalized spacial score (nSPS) is 26.3. The fourth-order valence-corrected chi connectivity index (χ4v) is 1.88. The van der Waals surface area contributed by atoms with Crippen LogP contribution in [-0.2, 0) is 9.53 Å². The summed E-state index contributed by atoms with van der Waals surface area (Å²) in [6.45, 7) is 11.3. The van der Waals surface area contributed by atoms with Crippen molar-refractivity contribution in [1.82, 2.24) is 0 Å². The highest BCUT2D eigenvalue weighted by molar-refractivity contribution is 5.87. The number of rotatable bonds is 3. The molecule has 0 N–H and O–H groups in total. The van der Waals surface area contributed by atoms with Gasteiger partial charge in [0.2, 0.25) is 0 Å². The van der Waals surface area contributed by atoms with E-state index in [0.717, 1.165) is 31.3 Å². The summed E-state index contributed by atoms with van der Waals surface area (Å²) in [6, 6.07) is 0. The van der Waals surface area contributed by atoms with Crippen LogP contribution in [0.5, 0.6) is 0 Å². The molecule has 2 heteroatoms. The van der Waals surface area contributed by atoms with Crippen LogP contribution in [0, 0.1) is 0 Å². The summed E-state index contributed by atoms with van der Waals surface area (Å²) in [4.78, 5) is 11.4. The van der Waals surface area contributed by atoms with Gasteiger partial charge in [0.1, 0.15) is 5.60 Å². The molecular formula is C12H18O2. The number of esters is 1. The molecule has 0 aromatic carbocycles. The molecule has 1 saturated carbocycles. The molecule has 0 radical (unpaired) electrons. The van der Waals surface area contributed by atoms with E-state index in [4.69, 9.17) is 4.74 Å². The minimum Gasteiger partial charge on any atom is -0.451 e. The first-order valence-electron chi connectivity index (χ1n) is 5.09. The van der Waals surface area contributed by atoms with Crippen molar-refractivity contribution in [3.05, 3.63) is 24.3 Å². The van der Waals surface area contributed by atoms with Gasteiger partial charge in [-0.25, -0.2) is 4.79 Å². The lowest BCUT2D eigenvalue weighted by molar-refractivity contribution is -0.150. The first kappa shape index (κ1) is 11.0. The Morgan fingerprint density at radius 1 is 1.64 bits per heavy atom. The monoisotopic (exact) mass is 194 g/mol. The minimum absolute atomic E-state index is 0.296. The molecule has 1 fully saturated rings. The number of ether oxygens (including phenoxy) is 1. The van der Waals surface area contributed by atoms with Crippen LogP contribution in [0.1, 0.15) is 39.5 Å². The lowest BCUT2D eigenvalue weighted by Crippen LogP contribution is -2.32. The van der Waals surface area contributed by atoms with Gasteiger partial charge in [-0.2, -0.15) is 0 Å². The van der Waals surface area contributed by atoms with E-state index in [-0.39, 0.29) is 5.97 Å². The smallest absolute Gasteiger partial charge is 0.333 e. The van der Waals surface area contributed by atoms with E-state index in [1.165, 1.54) is 0 Å². The maximum Gasteiger partial charge on any atom is 0.333 e. The SMILES string of the molecule is C=C(C)C(=O)OC1(CC)CCCC1=C. The van der Waals surface area contributed by atoms with Gasteiger partial charge >= 0.3 is 5.97 Å². The zero-order chi connectivity index (χ0) is 10.8. The molecule has 1 rings (SSSR count). The van der Waals surface area contributed by atoms with Crippen LogP contribution in [0.25, 0.3) is 0 Å². The van der Waals surface area contributed by atoms with Crippen LogP contribution in [0.15, 0.2) is 24.3 Å². The lowest BCUT2D eigenvalue weighted by Gasteiger charge is -2.29. The second-order valence-corrected chi connectivity index (χ2v) is 3.97. The largest absolute Gasteiger partial charge is 0.451 e. The Morgan fingerprint density at radius 3 is 2.64 bits per heavy atom. The van der Waals surface area contributed by atoms with E-state index in [0.29, 0.717) is 5.57 Å². The quantitative estimate of drug-likeness (QED) is 0.392. The van der Waals surface area contributed by atoms with Gasteiger partial charge in [-0.15, -0.1) is 0 Å². The van der Waals surface area contributed by atoms with Gasteiger partial charge < -0.3 is 4.74 Å². The standard InChI is InChI=1S/C12H18O2/c1-5-12(8-6-7-10(12)4)14-11(13)9(2)3/h2,4-8H2,1,3H3. The molecule has 14 heavy (non-hydrogen) atoms. The van der Waals surface area contributed by atoms with E-state index in [1.807, 2.05) is 6.92 Å². The molecule has 1 aliphatic rings. The zero-order valence-electron chi connectivity index (χ0n) is 9.06. The van der Waals surface area contributed by atoms with E-state index >= 15 is 0 Å². The molecule has 0 amide bonds. The fraction of sp³-hybridized carbons (Fsp3) is 0.583. The van der Waals surface area contributed by atoms with Gasteiger partial charge in [0.05, 0.1) is 0 Å². The van der Waals surface area contributed by atoms with Gasteiger partial charge in [0.25, 0.3) is 0 Å². The molecule has 2 nitrogen and oxygen atoms in total. The van der Waals surface area contributed by atoms with Gasteiger partial charge in [-0.1, -0.05) is 20.1 Å². The number of hydrogen-bond acceptors (Lipinski definition) is 2. The van der Waals surface area contributed by atoms with Crippen LogP contribution >= 0.6 is 0 Å². The van der Waals surface area contributed by atoms with Crippen molar-refractivity contribution in [2.75, 3.05) is 0 Å². The van der Waals surface area contributed by atoms with Crippen LogP contribution in [0.4, 0.5) is 0 Å². The Hall–Kier alpha value is -1.05. The fourth-order valence-electron chi connectivity index (χ4n) is 1.88. The van der Waals surface area contributed by atoms with E-state index in [2.05, 4.69) is 13.2 Å². The molecule has 0 bridgehead atoms. The summed E-state index contributed by atoms with van der Waals surface area (Å²) in [5.41, 5.74) is 1.10. The summed E-state index contributed by atoms with van der Waals surface area (Å²) in [5, 5.41) is 0. The van der Waals surface area contributed by atoms with Crippen molar-refractivity contribution < 1.29 is 9.53 Å². The van der Waals surface area contributed by atoms with Gasteiger partial charge in [0.15, 0.2) is 0 Å².